The fourth-order valence-corrected chi connectivity index (χ4v) is 1.74. The van der Waals surface area contributed by atoms with Gasteiger partial charge in [0.15, 0.2) is 0 Å². The zero-order valence-electron chi connectivity index (χ0n) is 9.36. The van der Waals surface area contributed by atoms with E-state index in [-0.39, 0.29) is 6.42 Å². The van der Waals surface area contributed by atoms with Crippen molar-refractivity contribution in [3.05, 3.63) is 35.4 Å². The van der Waals surface area contributed by atoms with Gasteiger partial charge in [-0.3, -0.25) is 4.79 Å². The molecule has 0 aliphatic carbocycles. The van der Waals surface area contributed by atoms with Gasteiger partial charge in [-0.2, -0.15) is 0 Å². The van der Waals surface area contributed by atoms with Crippen molar-refractivity contribution in [3.8, 4) is 0 Å². The third kappa shape index (κ3) is 3.74. The minimum Gasteiger partial charge on any atom is -0.481 e. The molecule has 15 heavy (non-hydrogen) atoms. The van der Waals surface area contributed by atoms with Gasteiger partial charge in [-0.25, -0.2) is 0 Å². The summed E-state index contributed by atoms with van der Waals surface area (Å²) in [5.74, 6) is -0.210. The van der Waals surface area contributed by atoms with Crippen LogP contribution in [-0.2, 0) is 11.2 Å². The van der Waals surface area contributed by atoms with Crippen LogP contribution in [0.15, 0.2) is 24.3 Å². The molecule has 1 rings (SSSR count). The molecule has 1 N–H and O–H groups in total. The standard InChI is InChI=1S/C13H18O2/c1-3-4-10(2)12-7-5-11(6-8-12)9-13(14)15/h5-8,10H,3-4,9H2,1-2H3,(H,14,15)/t10-/m0/s1. The van der Waals surface area contributed by atoms with Gasteiger partial charge in [0.1, 0.15) is 0 Å². The van der Waals surface area contributed by atoms with Crippen molar-refractivity contribution in [2.45, 2.75) is 39.0 Å². The maximum Gasteiger partial charge on any atom is 0.307 e. The van der Waals surface area contributed by atoms with Crippen LogP contribution >= 0.6 is 0 Å². The topological polar surface area (TPSA) is 37.3 Å². The third-order valence-electron chi connectivity index (χ3n) is 2.63. The van der Waals surface area contributed by atoms with Crippen LogP contribution in [0.1, 0.15) is 43.7 Å². The summed E-state index contributed by atoms with van der Waals surface area (Å²) in [5.41, 5.74) is 2.17. The number of benzene rings is 1. The van der Waals surface area contributed by atoms with Gasteiger partial charge in [-0.15, -0.1) is 0 Å². The first-order valence-electron chi connectivity index (χ1n) is 5.44. The molecule has 0 radical (unpaired) electrons. The predicted molar refractivity (Wildman–Crippen MR) is 61.1 cm³/mol. The first-order valence-corrected chi connectivity index (χ1v) is 5.44. The van der Waals surface area contributed by atoms with Crippen LogP contribution in [-0.4, -0.2) is 11.1 Å². The highest BCUT2D eigenvalue weighted by molar-refractivity contribution is 5.70. The molecule has 0 bridgehead atoms. The van der Waals surface area contributed by atoms with Crippen LogP contribution in [0.2, 0.25) is 0 Å². The molecule has 0 heterocycles. The fraction of sp³-hybridized carbons (Fsp3) is 0.462. The number of carboxylic acid groups (broad SMARTS) is 1. The lowest BCUT2D eigenvalue weighted by atomic mass is 9.95. The second-order valence-corrected chi connectivity index (χ2v) is 4.00. The van der Waals surface area contributed by atoms with Gasteiger partial charge < -0.3 is 5.11 Å². The SMILES string of the molecule is CCC[C@H](C)c1ccc(CC(=O)O)cc1. The van der Waals surface area contributed by atoms with Gasteiger partial charge in [0.2, 0.25) is 0 Å². The fourth-order valence-electron chi connectivity index (χ4n) is 1.74. The van der Waals surface area contributed by atoms with E-state index in [2.05, 4.69) is 13.8 Å². The van der Waals surface area contributed by atoms with Crippen molar-refractivity contribution >= 4 is 5.97 Å². The van der Waals surface area contributed by atoms with Crippen LogP contribution in [0.5, 0.6) is 0 Å². The van der Waals surface area contributed by atoms with Crippen molar-refractivity contribution < 1.29 is 9.90 Å². The molecule has 82 valence electrons. The van der Waals surface area contributed by atoms with E-state index in [0.717, 1.165) is 5.56 Å². The second-order valence-electron chi connectivity index (χ2n) is 4.00. The Balaban J connectivity index is 2.67. The van der Waals surface area contributed by atoms with E-state index in [4.69, 9.17) is 5.11 Å². The van der Waals surface area contributed by atoms with Gasteiger partial charge in [0.05, 0.1) is 6.42 Å². The van der Waals surface area contributed by atoms with E-state index in [0.29, 0.717) is 5.92 Å². The average Bonchev–Trinajstić information content (AvgIpc) is 2.18. The first kappa shape index (κ1) is 11.8. The maximum absolute atomic E-state index is 10.5. The Morgan fingerprint density at radius 1 is 1.33 bits per heavy atom. The van der Waals surface area contributed by atoms with Crippen molar-refractivity contribution in [1.29, 1.82) is 0 Å². The highest BCUT2D eigenvalue weighted by atomic mass is 16.4. The molecule has 0 spiro atoms. The molecule has 0 aliphatic rings. The number of rotatable bonds is 5. The van der Waals surface area contributed by atoms with E-state index in [1.165, 1.54) is 18.4 Å². The maximum atomic E-state index is 10.5. The van der Waals surface area contributed by atoms with Crippen LogP contribution < -0.4 is 0 Å². The number of aliphatic carboxylic acids is 1. The third-order valence-corrected chi connectivity index (χ3v) is 2.63. The van der Waals surface area contributed by atoms with Crippen molar-refractivity contribution in [1.82, 2.24) is 0 Å². The summed E-state index contributed by atoms with van der Waals surface area (Å²) in [7, 11) is 0. The van der Waals surface area contributed by atoms with Crippen molar-refractivity contribution in [2.75, 3.05) is 0 Å². The largest absolute Gasteiger partial charge is 0.481 e. The number of hydrogen-bond acceptors (Lipinski definition) is 1. The Kier molecular flexibility index (Phi) is 4.35. The highest BCUT2D eigenvalue weighted by Crippen LogP contribution is 2.20. The highest BCUT2D eigenvalue weighted by Gasteiger charge is 2.05. The van der Waals surface area contributed by atoms with Gasteiger partial charge >= 0.3 is 5.97 Å². The zero-order chi connectivity index (χ0) is 11.3. The summed E-state index contributed by atoms with van der Waals surface area (Å²) in [6.45, 7) is 4.38. The molecule has 0 aliphatic heterocycles. The quantitative estimate of drug-likeness (QED) is 0.803. The molecule has 2 nitrogen and oxygen atoms in total. The van der Waals surface area contributed by atoms with Gasteiger partial charge in [-0.1, -0.05) is 44.5 Å². The molecule has 1 atom stereocenters. The molecular weight excluding hydrogens is 188 g/mol. The summed E-state index contributed by atoms with van der Waals surface area (Å²) in [6.07, 6.45) is 2.47. The Bertz CT molecular complexity index is 314. The Morgan fingerprint density at radius 2 is 1.93 bits per heavy atom. The van der Waals surface area contributed by atoms with E-state index in [9.17, 15) is 4.79 Å². The van der Waals surface area contributed by atoms with E-state index in [1.54, 1.807) is 0 Å². The molecule has 2 heteroatoms. The number of carbonyl (C=O) groups is 1. The number of carboxylic acids is 1. The molecule has 0 fully saturated rings. The number of hydrogen-bond donors (Lipinski definition) is 1. The smallest absolute Gasteiger partial charge is 0.307 e. The summed E-state index contributed by atoms with van der Waals surface area (Å²) < 4.78 is 0. The average molecular weight is 206 g/mol. The van der Waals surface area contributed by atoms with E-state index in [1.807, 2.05) is 24.3 Å². The van der Waals surface area contributed by atoms with Gasteiger partial charge in [0, 0.05) is 0 Å². The lowest BCUT2D eigenvalue weighted by molar-refractivity contribution is -0.136. The van der Waals surface area contributed by atoms with Crippen molar-refractivity contribution in [2.24, 2.45) is 0 Å². The molecule has 0 saturated carbocycles. The molecule has 0 amide bonds. The van der Waals surface area contributed by atoms with E-state index >= 15 is 0 Å². The monoisotopic (exact) mass is 206 g/mol. The molecule has 0 aromatic heterocycles. The Hall–Kier alpha value is -1.31. The lowest BCUT2D eigenvalue weighted by Crippen LogP contribution is -2.00. The Morgan fingerprint density at radius 3 is 2.40 bits per heavy atom. The molecule has 1 aromatic rings. The van der Waals surface area contributed by atoms with Crippen LogP contribution in [0.25, 0.3) is 0 Å². The Labute approximate surface area is 90.9 Å². The summed E-state index contributed by atoms with van der Waals surface area (Å²) in [4.78, 5) is 10.5. The molecular formula is C13H18O2. The van der Waals surface area contributed by atoms with Crippen molar-refractivity contribution in [3.63, 3.8) is 0 Å². The predicted octanol–water partition coefficient (Wildman–Crippen LogP) is 3.22. The summed E-state index contributed by atoms with van der Waals surface area (Å²) >= 11 is 0. The minimum absolute atomic E-state index is 0.114. The minimum atomic E-state index is -0.774. The summed E-state index contributed by atoms with van der Waals surface area (Å²) in [6, 6.07) is 7.91. The summed E-state index contributed by atoms with van der Waals surface area (Å²) in [5, 5.41) is 8.63. The molecule has 0 saturated heterocycles. The van der Waals surface area contributed by atoms with Gasteiger partial charge in [-0.05, 0) is 23.5 Å². The normalized spacial score (nSPS) is 12.4. The van der Waals surface area contributed by atoms with Gasteiger partial charge in [0.25, 0.3) is 0 Å². The van der Waals surface area contributed by atoms with E-state index < -0.39 is 5.97 Å². The van der Waals surface area contributed by atoms with Crippen LogP contribution in [0.4, 0.5) is 0 Å². The zero-order valence-corrected chi connectivity index (χ0v) is 9.36. The lowest BCUT2D eigenvalue weighted by Gasteiger charge is -2.10. The molecule has 1 aromatic carbocycles. The van der Waals surface area contributed by atoms with Crippen LogP contribution in [0.3, 0.4) is 0 Å². The second kappa shape index (κ2) is 5.54. The first-order chi connectivity index (χ1) is 7.13. The van der Waals surface area contributed by atoms with Crippen LogP contribution in [0, 0.1) is 0 Å². The molecule has 0 unspecified atom stereocenters.